The van der Waals surface area contributed by atoms with Crippen molar-refractivity contribution in [2.45, 2.75) is 26.7 Å². The second-order valence-electron chi connectivity index (χ2n) is 7.18. The number of ether oxygens (including phenoxy) is 1. The third-order valence-electron chi connectivity index (χ3n) is 4.99. The molecule has 7 heteroatoms. The summed E-state index contributed by atoms with van der Waals surface area (Å²) < 4.78 is 4.76. The third kappa shape index (κ3) is 4.28. The maximum Gasteiger partial charge on any atom is 0.354 e. The van der Waals surface area contributed by atoms with Crippen LogP contribution in [0.4, 0.5) is 0 Å². The van der Waals surface area contributed by atoms with Crippen LogP contribution in [0.2, 0.25) is 5.02 Å². The fourth-order valence-electron chi connectivity index (χ4n) is 3.33. The molecule has 0 bridgehead atoms. The summed E-state index contributed by atoms with van der Waals surface area (Å²) in [7, 11) is 1.29. The topological polar surface area (TPSA) is 79.5 Å². The number of aromatic amines is 1. The van der Waals surface area contributed by atoms with E-state index in [1.165, 1.54) is 7.11 Å². The molecule has 0 aliphatic heterocycles. The quantitative estimate of drug-likeness (QED) is 0.564. The van der Waals surface area contributed by atoms with Gasteiger partial charge in [-0.25, -0.2) is 4.79 Å². The van der Waals surface area contributed by atoms with Crippen molar-refractivity contribution in [2.75, 3.05) is 20.2 Å². The number of carbonyl (C=O) groups excluding carboxylic acids is 3. The van der Waals surface area contributed by atoms with E-state index in [9.17, 15) is 14.4 Å². The van der Waals surface area contributed by atoms with Gasteiger partial charge in [0.2, 0.25) is 0 Å². The van der Waals surface area contributed by atoms with Gasteiger partial charge in [-0.3, -0.25) is 9.59 Å². The molecule has 0 radical (unpaired) electrons. The lowest BCUT2D eigenvalue weighted by Crippen LogP contribution is -2.37. The van der Waals surface area contributed by atoms with Crippen LogP contribution in [0.25, 0.3) is 0 Å². The number of aryl methyl sites for hydroxylation is 1. The lowest BCUT2D eigenvalue weighted by molar-refractivity contribution is 0.0593. The van der Waals surface area contributed by atoms with Gasteiger partial charge in [-0.2, -0.15) is 0 Å². The summed E-state index contributed by atoms with van der Waals surface area (Å²) in [5.74, 6) is -0.491. The van der Waals surface area contributed by atoms with Gasteiger partial charge in [-0.05, 0) is 62.4 Å². The lowest BCUT2D eigenvalue weighted by atomic mass is 10.0. The minimum Gasteiger partial charge on any atom is -0.464 e. The van der Waals surface area contributed by atoms with E-state index < -0.39 is 5.97 Å². The number of hydrogen-bond acceptors (Lipinski definition) is 4. The first kappa shape index (κ1) is 20.1. The molecule has 1 fully saturated rings. The Morgan fingerprint density at radius 3 is 2.39 bits per heavy atom. The number of carbonyl (C=O) groups is 3. The van der Waals surface area contributed by atoms with Crippen LogP contribution >= 0.6 is 11.6 Å². The summed E-state index contributed by atoms with van der Waals surface area (Å²) in [6.45, 7) is 3.94. The summed E-state index contributed by atoms with van der Waals surface area (Å²) >= 11 is 5.91. The number of esters is 1. The van der Waals surface area contributed by atoms with E-state index in [4.69, 9.17) is 16.3 Å². The first-order chi connectivity index (χ1) is 13.3. The number of aromatic nitrogens is 1. The van der Waals surface area contributed by atoms with E-state index in [1.54, 1.807) is 43.0 Å². The van der Waals surface area contributed by atoms with Crippen molar-refractivity contribution in [3.8, 4) is 0 Å². The zero-order chi connectivity index (χ0) is 20.4. The SMILES string of the molecule is COC(=O)c1[nH]c(C)c(C(=O)CN(CC2CC2)C(=O)c2ccc(Cl)cc2)c1C. The maximum absolute atomic E-state index is 13.0. The highest BCUT2D eigenvalue weighted by molar-refractivity contribution is 6.30. The van der Waals surface area contributed by atoms with Gasteiger partial charge in [0.25, 0.3) is 5.91 Å². The highest BCUT2D eigenvalue weighted by atomic mass is 35.5. The summed E-state index contributed by atoms with van der Waals surface area (Å²) in [5, 5.41) is 0.551. The van der Waals surface area contributed by atoms with Gasteiger partial charge in [0.15, 0.2) is 5.78 Å². The number of nitrogens with zero attached hydrogens (tertiary/aromatic N) is 1. The Hall–Kier alpha value is -2.60. The van der Waals surface area contributed by atoms with Gasteiger partial charge >= 0.3 is 5.97 Å². The molecular weight excluding hydrogens is 380 g/mol. The van der Waals surface area contributed by atoms with Crippen LogP contribution in [-0.2, 0) is 4.74 Å². The molecule has 1 heterocycles. The Kier molecular flexibility index (Phi) is 5.89. The molecule has 0 atom stereocenters. The van der Waals surface area contributed by atoms with Crippen LogP contribution in [0.5, 0.6) is 0 Å². The van der Waals surface area contributed by atoms with Crippen molar-refractivity contribution >= 4 is 29.3 Å². The molecule has 1 aliphatic carbocycles. The smallest absolute Gasteiger partial charge is 0.354 e. The van der Waals surface area contributed by atoms with Crippen LogP contribution in [0, 0.1) is 19.8 Å². The van der Waals surface area contributed by atoms with Crippen molar-refractivity contribution < 1.29 is 19.1 Å². The number of methoxy groups -OCH3 is 1. The Labute approximate surface area is 168 Å². The molecule has 28 heavy (non-hydrogen) atoms. The number of amides is 1. The van der Waals surface area contributed by atoms with Gasteiger partial charge in [0.1, 0.15) is 5.69 Å². The molecule has 2 aromatic rings. The Balaban J connectivity index is 1.84. The number of nitrogens with one attached hydrogen (secondary N) is 1. The van der Waals surface area contributed by atoms with Gasteiger partial charge in [0.05, 0.1) is 13.7 Å². The predicted molar refractivity (Wildman–Crippen MR) is 106 cm³/mol. The minimum absolute atomic E-state index is 0.0435. The fraction of sp³-hybridized carbons (Fsp3) is 0.381. The number of ketones is 1. The molecule has 0 saturated heterocycles. The molecule has 6 nitrogen and oxygen atoms in total. The van der Waals surface area contributed by atoms with E-state index in [0.717, 1.165) is 12.8 Å². The molecule has 1 amide bonds. The fourth-order valence-corrected chi connectivity index (χ4v) is 3.46. The van der Waals surface area contributed by atoms with Crippen molar-refractivity contribution in [3.05, 3.63) is 57.4 Å². The summed E-state index contributed by atoms with van der Waals surface area (Å²) in [6.07, 6.45) is 2.13. The first-order valence-corrected chi connectivity index (χ1v) is 9.55. The van der Waals surface area contributed by atoms with Crippen LogP contribution in [0.1, 0.15) is 55.3 Å². The van der Waals surface area contributed by atoms with Gasteiger partial charge in [0, 0.05) is 28.4 Å². The zero-order valence-corrected chi connectivity index (χ0v) is 16.9. The Morgan fingerprint density at radius 2 is 1.82 bits per heavy atom. The second kappa shape index (κ2) is 8.19. The lowest BCUT2D eigenvalue weighted by Gasteiger charge is -2.22. The van der Waals surface area contributed by atoms with Crippen molar-refractivity contribution in [3.63, 3.8) is 0 Å². The number of H-pyrrole nitrogens is 1. The largest absolute Gasteiger partial charge is 0.464 e. The van der Waals surface area contributed by atoms with E-state index in [1.807, 2.05) is 0 Å². The van der Waals surface area contributed by atoms with Crippen LogP contribution < -0.4 is 0 Å². The second-order valence-corrected chi connectivity index (χ2v) is 7.61. The average molecular weight is 403 g/mol. The van der Waals surface area contributed by atoms with Gasteiger partial charge in [-0.1, -0.05) is 11.6 Å². The van der Waals surface area contributed by atoms with E-state index in [2.05, 4.69) is 4.98 Å². The standard InChI is InChI=1S/C21H23ClN2O4/c1-12-18(13(2)23-19(12)21(27)28-3)17(25)11-24(10-14-4-5-14)20(26)15-6-8-16(22)9-7-15/h6-9,14,23H,4-5,10-11H2,1-3H3. The minimum atomic E-state index is -0.522. The Bertz CT molecular complexity index is 913. The predicted octanol–water partition coefficient (Wildman–Crippen LogP) is 3.81. The van der Waals surface area contributed by atoms with Crippen LogP contribution in [0.3, 0.4) is 0 Å². The van der Waals surface area contributed by atoms with Crippen LogP contribution in [-0.4, -0.2) is 47.7 Å². The summed E-state index contributed by atoms with van der Waals surface area (Å²) in [4.78, 5) is 42.4. The molecule has 1 aromatic carbocycles. The van der Waals surface area contributed by atoms with Crippen LogP contribution in [0.15, 0.2) is 24.3 Å². The number of halogens is 1. The molecule has 1 aromatic heterocycles. The monoisotopic (exact) mass is 402 g/mol. The van der Waals surface area contributed by atoms with E-state index in [0.29, 0.717) is 39.9 Å². The summed E-state index contributed by atoms with van der Waals surface area (Å²) in [6, 6.07) is 6.65. The molecule has 1 N–H and O–H groups in total. The number of hydrogen-bond donors (Lipinski definition) is 1. The molecular formula is C21H23ClN2O4. The van der Waals surface area contributed by atoms with Crippen molar-refractivity contribution in [1.29, 1.82) is 0 Å². The van der Waals surface area contributed by atoms with E-state index in [-0.39, 0.29) is 23.9 Å². The first-order valence-electron chi connectivity index (χ1n) is 9.17. The number of rotatable bonds is 7. The van der Waals surface area contributed by atoms with E-state index >= 15 is 0 Å². The molecule has 1 saturated carbocycles. The van der Waals surface area contributed by atoms with Crippen molar-refractivity contribution in [1.82, 2.24) is 9.88 Å². The average Bonchev–Trinajstić information content (AvgIpc) is 3.43. The molecule has 1 aliphatic rings. The summed E-state index contributed by atoms with van der Waals surface area (Å²) in [5.41, 5.74) is 2.33. The molecule has 148 valence electrons. The third-order valence-corrected chi connectivity index (χ3v) is 5.25. The number of benzene rings is 1. The number of Topliss-reactive ketones (excluding diaryl/α,β-unsaturated/α-hetero) is 1. The van der Waals surface area contributed by atoms with Gasteiger partial charge in [-0.15, -0.1) is 0 Å². The molecule has 0 spiro atoms. The highest BCUT2D eigenvalue weighted by Crippen LogP contribution is 2.30. The van der Waals surface area contributed by atoms with Gasteiger partial charge < -0.3 is 14.6 Å². The highest BCUT2D eigenvalue weighted by Gasteiger charge is 2.30. The maximum atomic E-state index is 13.0. The molecule has 3 rings (SSSR count). The molecule has 0 unspecified atom stereocenters. The zero-order valence-electron chi connectivity index (χ0n) is 16.2. The van der Waals surface area contributed by atoms with Crippen molar-refractivity contribution in [2.24, 2.45) is 5.92 Å². The normalized spacial score (nSPS) is 13.3. The Morgan fingerprint density at radius 1 is 1.18 bits per heavy atom.